The van der Waals surface area contributed by atoms with Crippen LogP contribution in [-0.4, -0.2) is 16.9 Å². The van der Waals surface area contributed by atoms with Gasteiger partial charge in [-0.1, -0.05) is 18.5 Å². The molecule has 2 aromatic rings. The quantitative estimate of drug-likeness (QED) is 0.924. The van der Waals surface area contributed by atoms with Gasteiger partial charge in [-0.05, 0) is 24.6 Å². The van der Waals surface area contributed by atoms with Crippen molar-refractivity contribution >= 4 is 11.6 Å². The molecule has 1 heterocycles. The van der Waals surface area contributed by atoms with Gasteiger partial charge >= 0.3 is 0 Å². The number of nitrogens with two attached hydrogens (primary N) is 1. The van der Waals surface area contributed by atoms with Crippen molar-refractivity contribution in [3.8, 4) is 11.4 Å². The lowest BCUT2D eigenvalue weighted by atomic mass is 10.2. The molecule has 5 heteroatoms. The van der Waals surface area contributed by atoms with Crippen LogP contribution in [0.4, 0.5) is 0 Å². The predicted octanol–water partition coefficient (Wildman–Crippen LogP) is 2.56. The van der Waals surface area contributed by atoms with E-state index >= 15 is 0 Å². The van der Waals surface area contributed by atoms with Gasteiger partial charge in [0.1, 0.15) is 11.4 Å². The molecular formula is C13H16ClN3O. The van der Waals surface area contributed by atoms with Crippen LogP contribution >= 0.6 is 11.6 Å². The maximum Gasteiger partial charge on any atom is 0.144 e. The lowest BCUT2D eigenvalue weighted by molar-refractivity contribution is 0.411. The minimum atomic E-state index is 0.478. The smallest absolute Gasteiger partial charge is 0.144 e. The number of halogens is 1. The Labute approximate surface area is 111 Å². The fourth-order valence-corrected chi connectivity index (χ4v) is 2.16. The summed E-state index contributed by atoms with van der Waals surface area (Å²) in [6.45, 7) is 2.55. The zero-order valence-electron chi connectivity index (χ0n) is 10.5. The number of rotatable bonds is 4. The van der Waals surface area contributed by atoms with E-state index in [0.717, 1.165) is 29.1 Å². The van der Waals surface area contributed by atoms with E-state index in [1.54, 1.807) is 19.4 Å². The first-order valence-electron chi connectivity index (χ1n) is 5.81. The number of nitrogens with zero attached hydrogens (tertiary/aromatic N) is 2. The summed E-state index contributed by atoms with van der Waals surface area (Å²) in [5.41, 5.74) is 8.66. The number of ether oxygens (including phenoxy) is 1. The highest BCUT2D eigenvalue weighted by molar-refractivity contribution is 6.30. The lowest BCUT2D eigenvalue weighted by Crippen LogP contribution is -2.06. The van der Waals surface area contributed by atoms with Crippen LogP contribution in [0, 0.1) is 0 Å². The SMILES string of the molecule is CCc1c(CN)cnn1-c1cc(Cl)ccc1OC. The largest absolute Gasteiger partial charge is 0.494 e. The molecule has 0 aliphatic heterocycles. The molecule has 18 heavy (non-hydrogen) atoms. The van der Waals surface area contributed by atoms with Gasteiger partial charge in [0.25, 0.3) is 0 Å². The Hall–Kier alpha value is -1.52. The fraction of sp³-hybridized carbons (Fsp3) is 0.308. The van der Waals surface area contributed by atoms with E-state index in [9.17, 15) is 0 Å². The molecule has 96 valence electrons. The minimum absolute atomic E-state index is 0.478. The van der Waals surface area contributed by atoms with Crippen LogP contribution < -0.4 is 10.5 Å². The first-order chi connectivity index (χ1) is 8.71. The molecule has 0 amide bonds. The van der Waals surface area contributed by atoms with Gasteiger partial charge < -0.3 is 10.5 Å². The number of methoxy groups -OCH3 is 1. The Bertz CT molecular complexity index is 551. The molecule has 0 fully saturated rings. The van der Waals surface area contributed by atoms with Crippen molar-refractivity contribution in [2.24, 2.45) is 5.73 Å². The van der Waals surface area contributed by atoms with Gasteiger partial charge in [-0.15, -0.1) is 0 Å². The summed E-state index contributed by atoms with van der Waals surface area (Å²) in [5.74, 6) is 0.737. The molecule has 0 bridgehead atoms. The average molecular weight is 266 g/mol. The topological polar surface area (TPSA) is 53.1 Å². The zero-order valence-corrected chi connectivity index (χ0v) is 11.2. The maximum atomic E-state index is 6.04. The van der Waals surface area contributed by atoms with E-state index in [4.69, 9.17) is 22.1 Å². The van der Waals surface area contributed by atoms with Crippen molar-refractivity contribution in [1.29, 1.82) is 0 Å². The molecule has 0 spiro atoms. The second-order valence-electron chi connectivity index (χ2n) is 3.90. The van der Waals surface area contributed by atoms with Gasteiger partial charge in [-0.2, -0.15) is 5.10 Å². The molecule has 0 saturated heterocycles. The van der Waals surface area contributed by atoms with Gasteiger partial charge in [0.2, 0.25) is 0 Å². The first-order valence-corrected chi connectivity index (χ1v) is 6.18. The molecule has 2 N–H and O–H groups in total. The number of benzene rings is 1. The van der Waals surface area contributed by atoms with Crippen LogP contribution in [0.5, 0.6) is 5.75 Å². The van der Waals surface area contributed by atoms with E-state index in [1.165, 1.54) is 0 Å². The van der Waals surface area contributed by atoms with Crippen molar-refractivity contribution in [2.75, 3.05) is 7.11 Å². The second kappa shape index (κ2) is 5.42. The summed E-state index contributed by atoms with van der Waals surface area (Å²) in [4.78, 5) is 0. The molecule has 0 saturated carbocycles. The minimum Gasteiger partial charge on any atom is -0.494 e. The molecule has 0 aliphatic rings. The van der Waals surface area contributed by atoms with Crippen LogP contribution in [0.25, 0.3) is 5.69 Å². The van der Waals surface area contributed by atoms with Gasteiger partial charge in [0.15, 0.2) is 0 Å². The van der Waals surface area contributed by atoms with Gasteiger partial charge in [0, 0.05) is 22.8 Å². The van der Waals surface area contributed by atoms with Gasteiger partial charge in [0.05, 0.1) is 13.3 Å². The lowest BCUT2D eigenvalue weighted by Gasteiger charge is -2.12. The molecule has 4 nitrogen and oxygen atoms in total. The molecule has 0 radical (unpaired) electrons. The first kappa shape index (κ1) is 12.9. The number of hydrogen-bond acceptors (Lipinski definition) is 3. The van der Waals surface area contributed by atoms with Crippen LogP contribution in [-0.2, 0) is 13.0 Å². The Morgan fingerprint density at radius 3 is 2.83 bits per heavy atom. The van der Waals surface area contributed by atoms with E-state index in [-0.39, 0.29) is 0 Å². The van der Waals surface area contributed by atoms with Crippen LogP contribution in [0.3, 0.4) is 0 Å². The summed E-state index contributed by atoms with van der Waals surface area (Å²) in [6.07, 6.45) is 2.64. The molecule has 1 aromatic carbocycles. The highest BCUT2D eigenvalue weighted by atomic mass is 35.5. The van der Waals surface area contributed by atoms with Crippen molar-refractivity contribution in [1.82, 2.24) is 9.78 Å². The number of aromatic nitrogens is 2. The fourth-order valence-electron chi connectivity index (χ4n) is 1.99. The predicted molar refractivity (Wildman–Crippen MR) is 72.4 cm³/mol. The Balaban J connectivity index is 2.60. The third-order valence-electron chi connectivity index (χ3n) is 2.88. The highest BCUT2D eigenvalue weighted by Gasteiger charge is 2.13. The molecule has 1 aromatic heterocycles. The second-order valence-corrected chi connectivity index (χ2v) is 4.34. The van der Waals surface area contributed by atoms with Crippen molar-refractivity contribution in [3.05, 3.63) is 40.7 Å². The molecule has 0 unspecified atom stereocenters. The van der Waals surface area contributed by atoms with E-state index in [2.05, 4.69) is 12.0 Å². The van der Waals surface area contributed by atoms with Crippen molar-refractivity contribution in [3.63, 3.8) is 0 Å². The summed E-state index contributed by atoms with van der Waals surface area (Å²) in [6, 6.07) is 5.47. The normalized spacial score (nSPS) is 10.7. The monoisotopic (exact) mass is 265 g/mol. The molecule has 0 atom stereocenters. The van der Waals surface area contributed by atoms with Crippen LogP contribution in [0.2, 0.25) is 5.02 Å². The zero-order chi connectivity index (χ0) is 13.1. The third-order valence-corrected chi connectivity index (χ3v) is 3.11. The van der Waals surface area contributed by atoms with Crippen molar-refractivity contribution in [2.45, 2.75) is 19.9 Å². The van der Waals surface area contributed by atoms with E-state index < -0.39 is 0 Å². The number of hydrogen-bond donors (Lipinski definition) is 1. The Morgan fingerprint density at radius 1 is 1.44 bits per heavy atom. The van der Waals surface area contributed by atoms with E-state index in [0.29, 0.717) is 11.6 Å². The maximum absolute atomic E-state index is 6.04. The van der Waals surface area contributed by atoms with Crippen LogP contribution in [0.15, 0.2) is 24.4 Å². The Kier molecular flexibility index (Phi) is 3.89. The third kappa shape index (κ3) is 2.21. The molecular weight excluding hydrogens is 250 g/mol. The summed E-state index contributed by atoms with van der Waals surface area (Å²) in [5, 5.41) is 5.03. The van der Waals surface area contributed by atoms with E-state index in [1.807, 2.05) is 16.8 Å². The standard InChI is InChI=1S/C13H16ClN3O/c1-3-11-9(7-15)8-16-17(11)12-6-10(14)4-5-13(12)18-2/h4-6,8H,3,7,15H2,1-2H3. The summed E-state index contributed by atoms with van der Waals surface area (Å²) >= 11 is 6.04. The summed E-state index contributed by atoms with van der Waals surface area (Å²) < 4.78 is 7.19. The van der Waals surface area contributed by atoms with Gasteiger partial charge in [-0.25, -0.2) is 4.68 Å². The molecule has 2 rings (SSSR count). The Morgan fingerprint density at radius 2 is 2.22 bits per heavy atom. The molecule has 0 aliphatic carbocycles. The summed E-state index contributed by atoms with van der Waals surface area (Å²) in [7, 11) is 1.63. The van der Waals surface area contributed by atoms with Gasteiger partial charge in [-0.3, -0.25) is 0 Å². The van der Waals surface area contributed by atoms with Crippen LogP contribution in [0.1, 0.15) is 18.2 Å². The highest BCUT2D eigenvalue weighted by Crippen LogP contribution is 2.28. The average Bonchev–Trinajstić information content (AvgIpc) is 2.81. The van der Waals surface area contributed by atoms with Crippen molar-refractivity contribution < 1.29 is 4.74 Å².